The Hall–Kier alpha value is -2.05. The fraction of sp³-hybridized carbons (Fsp3) is 0.591. The van der Waals surface area contributed by atoms with Gasteiger partial charge in [-0.15, -0.1) is 0 Å². The van der Waals surface area contributed by atoms with Crippen LogP contribution in [0.15, 0.2) is 24.4 Å². The molecule has 0 aromatic carbocycles. The second-order valence-electron chi connectivity index (χ2n) is 8.49. The number of fused-ring (bicyclic) bond motifs is 1. The van der Waals surface area contributed by atoms with E-state index in [0.717, 1.165) is 44.4 Å². The van der Waals surface area contributed by atoms with Gasteiger partial charge in [0.2, 0.25) is 0 Å². The van der Waals surface area contributed by atoms with Crippen molar-refractivity contribution in [3.05, 3.63) is 47.2 Å². The molecule has 0 saturated carbocycles. The minimum Gasteiger partial charge on any atom is -0.354 e. The summed E-state index contributed by atoms with van der Waals surface area (Å²) in [5.41, 5.74) is 3.92. The van der Waals surface area contributed by atoms with E-state index in [1.165, 1.54) is 42.6 Å². The van der Waals surface area contributed by atoms with E-state index < -0.39 is 0 Å². The number of anilines is 1. The Bertz CT molecular complexity index is 845. The van der Waals surface area contributed by atoms with Gasteiger partial charge in [-0.3, -0.25) is 9.88 Å². The van der Waals surface area contributed by atoms with Crippen LogP contribution in [-0.2, 0) is 6.42 Å². The Morgan fingerprint density at radius 2 is 1.86 bits per heavy atom. The number of likely N-dealkylation sites (tertiary alicyclic amines) is 1. The smallest absolute Gasteiger partial charge is 0.132 e. The zero-order valence-electron chi connectivity index (χ0n) is 17.0. The summed E-state index contributed by atoms with van der Waals surface area (Å²) in [4.78, 5) is 21.8. The number of rotatable bonds is 3. The topological polar surface area (TPSA) is 48.4 Å². The molecule has 0 N–H and O–H groups in total. The van der Waals surface area contributed by atoms with Gasteiger partial charge >= 0.3 is 0 Å². The molecule has 2 saturated heterocycles. The minimum atomic E-state index is 0.394. The molecule has 4 heterocycles. The van der Waals surface area contributed by atoms with Gasteiger partial charge in [-0.25, -0.2) is 9.97 Å². The largest absolute Gasteiger partial charge is 0.354 e. The Kier molecular flexibility index (Phi) is 4.77. The van der Waals surface area contributed by atoms with Crippen LogP contribution in [0.2, 0.25) is 0 Å². The normalized spacial score (nSPS) is 26.0. The molecule has 0 bridgehead atoms. The van der Waals surface area contributed by atoms with Crippen LogP contribution in [0, 0.1) is 6.92 Å². The zero-order valence-corrected chi connectivity index (χ0v) is 17.0. The molecule has 5 rings (SSSR count). The quantitative estimate of drug-likeness (QED) is 0.819. The highest BCUT2D eigenvalue weighted by molar-refractivity contribution is 5.42. The number of hydrogen-bond donors (Lipinski definition) is 0. The number of aromatic nitrogens is 3. The van der Waals surface area contributed by atoms with E-state index in [-0.39, 0.29) is 0 Å². The van der Waals surface area contributed by atoms with Crippen LogP contribution in [0.25, 0.3) is 0 Å². The molecule has 6 heteroatoms. The summed E-state index contributed by atoms with van der Waals surface area (Å²) in [6.45, 7) is 7.44. The number of likely N-dealkylation sites (N-methyl/N-ethyl adjacent to an activating group) is 1. The number of piperazine rings is 1. The van der Waals surface area contributed by atoms with E-state index in [2.05, 4.69) is 39.9 Å². The maximum absolute atomic E-state index is 4.86. The van der Waals surface area contributed by atoms with Crippen LogP contribution in [0.5, 0.6) is 0 Å². The van der Waals surface area contributed by atoms with Crippen molar-refractivity contribution in [1.29, 1.82) is 0 Å². The van der Waals surface area contributed by atoms with Crippen molar-refractivity contribution in [2.24, 2.45) is 0 Å². The molecule has 2 aromatic heterocycles. The molecular weight excluding hydrogens is 348 g/mol. The Labute approximate surface area is 167 Å². The van der Waals surface area contributed by atoms with Crippen molar-refractivity contribution in [3.8, 4) is 0 Å². The molecular formula is C22H30N6. The average Bonchev–Trinajstić information content (AvgIpc) is 2.67. The standard InChI is InChI=1S/C22H30N6/c1-16-24-18(15-21(25-16)27-13-11-26(2)12-14-27)19-8-10-28(19)20-7-3-5-17-6-4-9-23-22(17)20/h4,6,9,15,19-20H,3,5,7-8,10-14H2,1-2H3/t19-,20+/m1/s1. The molecule has 28 heavy (non-hydrogen) atoms. The summed E-state index contributed by atoms with van der Waals surface area (Å²) in [6.07, 6.45) is 6.75. The fourth-order valence-corrected chi connectivity index (χ4v) is 4.95. The minimum absolute atomic E-state index is 0.394. The number of hydrogen-bond acceptors (Lipinski definition) is 6. The van der Waals surface area contributed by atoms with Crippen molar-refractivity contribution < 1.29 is 0 Å². The third kappa shape index (κ3) is 3.29. The maximum Gasteiger partial charge on any atom is 0.132 e. The van der Waals surface area contributed by atoms with Crippen LogP contribution in [0.1, 0.15) is 54.1 Å². The monoisotopic (exact) mass is 378 g/mol. The highest BCUT2D eigenvalue weighted by Gasteiger charge is 2.39. The van der Waals surface area contributed by atoms with Crippen molar-refractivity contribution in [1.82, 2.24) is 24.8 Å². The first-order valence-corrected chi connectivity index (χ1v) is 10.7. The maximum atomic E-state index is 4.86. The van der Waals surface area contributed by atoms with Crippen molar-refractivity contribution in [2.45, 2.75) is 44.7 Å². The van der Waals surface area contributed by atoms with E-state index in [0.29, 0.717) is 12.1 Å². The van der Waals surface area contributed by atoms with Crippen LogP contribution in [-0.4, -0.2) is 64.5 Å². The molecule has 0 spiro atoms. The van der Waals surface area contributed by atoms with Crippen LogP contribution in [0.3, 0.4) is 0 Å². The molecule has 0 unspecified atom stereocenters. The highest BCUT2D eigenvalue weighted by Crippen LogP contribution is 2.44. The first-order valence-electron chi connectivity index (χ1n) is 10.7. The summed E-state index contributed by atoms with van der Waals surface area (Å²) in [6, 6.07) is 7.41. The van der Waals surface area contributed by atoms with E-state index in [1.54, 1.807) is 0 Å². The molecule has 6 nitrogen and oxygen atoms in total. The fourth-order valence-electron chi connectivity index (χ4n) is 4.95. The molecule has 148 valence electrons. The van der Waals surface area contributed by atoms with Crippen LogP contribution in [0.4, 0.5) is 5.82 Å². The average molecular weight is 379 g/mol. The predicted octanol–water partition coefficient (Wildman–Crippen LogP) is 2.76. The summed E-state index contributed by atoms with van der Waals surface area (Å²) in [7, 11) is 2.19. The number of aryl methyl sites for hydroxylation is 2. The number of nitrogens with zero attached hydrogens (tertiary/aromatic N) is 6. The second-order valence-corrected chi connectivity index (χ2v) is 8.49. The molecule has 2 fully saturated rings. The third-order valence-corrected chi connectivity index (χ3v) is 6.64. The Morgan fingerprint density at radius 1 is 1.00 bits per heavy atom. The van der Waals surface area contributed by atoms with Gasteiger partial charge in [-0.1, -0.05) is 6.07 Å². The van der Waals surface area contributed by atoms with Gasteiger partial charge in [0.1, 0.15) is 11.6 Å². The number of pyridine rings is 1. The molecule has 0 amide bonds. The first kappa shape index (κ1) is 18.0. The summed E-state index contributed by atoms with van der Waals surface area (Å²) in [5.74, 6) is 1.99. The van der Waals surface area contributed by atoms with Gasteiger partial charge in [-0.2, -0.15) is 0 Å². The van der Waals surface area contributed by atoms with Crippen LogP contribution >= 0.6 is 0 Å². The van der Waals surface area contributed by atoms with Crippen molar-refractivity contribution in [2.75, 3.05) is 44.7 Å². The molecule has 3 aliphatic rings. The predicted molar refractivity (Wildman–Crippen MR) is 110 cm³/mol. The zero-order chi connectivity index (χ0) is 19.1. The Morgan fingerprint density at radius 3 is 2.64 bits per heavy atom. The molecule has 0 radical (unpaired) electrons. The molecule has 2 atom stereocenters. The van der Waals surface area contributed by atoms with Crippen molar-refractivity contribution in [3.63, 3.8) is 0 Å². The van der Waals surface area contributed by atoms with E-state index >= 15 is 0 Å². The lowest BCUT2D eigenvalue weighted by molar-refractivity contribution is 0.0263. The van der Waals surface area contributed by atoms with Gasteiger partial charge in [-0.05, 0) is 51.3 Å². The van der Waals surface area contributed by atoms with Gasteiger partial charge in [0, 0.05) is 45.0 Å². The SMILES string of the molecule is Cc1nc([C@H]2CCN2[C@H]2CCCc3cccnc32)cc(N2CCN(C)CC2)n1. The molecule has 2 aliphatic heterocycles. The summed E-state index contributed by atoms with van der Waals surface area (Å²) in [5, 5.41) is 0. The third-order valence-electron chi connectivity index (χ3n) is 6.64. The summed E-state index contributed by atoms with van der Waals surface area (Å²) >= 11 is 0. The van der Waals surface area contributed by atoms with E-state index in [9.17, 15) is 0 Å². The Balaban J connectivity index is 1.40. The summed E-state index contributed by atoms with van der Waals surface area (Å²) < 4.78 is 0. The first-order chi connectivity index (χ1) is 13.7. The van der Waals surface area contributed by atoms with E-state index in [1.807, 2.05) is 13.1 Å². The van der Waals surface area contributed by atoms with E-state index in [4.69, 9.17) is 15.0 Å². The van der Waals surface area contributed by atoms with Crippen molar-refractivity contribution >= 4 is 5.82 Å². The lowest BCUT2D eigenvalue weighted by Crippen LogP contribution is -2.46. The van der Waals surface area contributed by atoms with Crippen LogP contribution < -0.4 is 4.90 Å². The molecule has 1 aliphatic carbocycles. The van der Waals surface area contributed by atoms with Gasteiger partial charge in [0.05, 0.1) is 23.5 Å². The van der Waals surface area contributed by atoms with Gasteiger partial charge in [0.25, 0.3) is 0 Å². The lowest BCUT2D eigenvalue weighted by atomic mass is 9.86. The van der Waals surface area contributed by atoms with Gasteiger partial charge in [0.15, 0.2) is 0 Å². The lowest BCUT2D eigenvalue weighted by Gasteiger charge is -2.47. The van der Waals surface area contributed by atoms with Gasteiger partial charge < -0.3 is 9.80 Å². The highest BCUT2D eigenvalue weighted by atomic mass is 15.3. The second kappa shape index (κ2) is 7.41. The molecule has 2 aromatic rings.